The first-order valence-corrected chi connectivity index (χ1v) is 10.6. The van der Waals surface area contributed by atoms with Gasteiger partial charge in [0.05, 0.1) is 12.2 Å². The van der Waals surface area contributed by atoms with E-state index in [9.17, 15) is 21.6 Å². The minimum Gasteiger partial charge on any atom is -0.352 e. The summed E-state index contributed by atoms with van der Waals surface area (Å²) >= 11 is 0. The number of nitrogens with zero attached hydrogens (tertiary/aromatic N) is 5. The molecule has 1 saturated heterocycles. The van der Waals surface area contributed by atoms with Crippen LogP contribution in [0.4, 0.5) is 30.6 Å². The summed E-state index contributed by atoms with van der Waals surface area (Å²) in [6, 6.07) is 7.23. The van der Waals surface area contributed by atoms with Crippen LogP contribution in [0.3, 0.4) is 0 Å². The highest BCUT2D eigenvalue weighted by molar-refractivity contribution is 7.89. The van der Waals surface area contributed by atoms with Gasteiger partial charge in [-0.2, -0.15) is 17.5 Å². The Morgan fingerprint density at radius 1 is 1.07 bits per heavy atom. The van der Waals surface area contributed by atoms with Crippen LogP contribution in [0.25, 0.3) is 0 Å². The molecule has 0 saturated carbocycles. The molecule has 2 aromatic heterocycles. The fourth-order valence-electron chi connectivity index (χ4n) is 2.87. The molecule has 158 valence electrons. The van der Waals surface area contributed by atoms with E-state index in [-0.39, 0.29) is 13.1 Å². The molecule has 3 heterocycles. The van der Waals surface area contributed by atoms with Crippen molar-refractivity contribution >= 4 is 27.5 Å². The van der Waals surface area contributed by atoms with Gasteiger partial charge in [-0.05, 0) is 36.8 Å². The van der Waals surface area contributed by atoms with E-state index < -0.39 is 28.4 Å². The molecule has 0 spiro atoms. The maximum Gasteiger partial charge on any atom is 0.390 e. The summed E-state index contributed by atoms with van der Waals surface area (Å²) in [7, 11) is -3.93. The molecule has 0 aliphatic carbocycles. The minimum atomic E-state index is -4.49. The number of piperazine rings is 1. The van der Waals surface area contributed by atoms with Crippen molar-refractivity contribution in [2.45, 2.75) is 19.5 Å². The summed E-state index contributed by atoms with van der Waals surface area (Å²) in [5.74, 6) is 0.800. The first-order valence-electron chi connectivity index (χ1n) is 8.95. The lowest BCUT2D eigenvalue weighted by Crippen LogP contribution is -2.49. The van der Waals surface area contributed by atoms with Gasteiger partial charge in [-0.3, -0.25) is 0 Å². The number of halogens is 3. The second-order valence-corrected chi connectivity index (χ2v) is 8.78. The quantitative estimate of drug-likeness (QED) is 0.752. The lowest BCUT2D eigenvalue weighted by Gasteiger charge is -2.34. The highest BCUT2D eigenvalue weighted by Crippen LogP contribution is 2.22. The molecule has 2 aromatic rings. The number of alkyl halides is 3. The van der Waals surface area contributed by atoms with Gasteiger partial charge in [0.15, 0.2) is 11.6 Å². The Balaban J connectivity index is 1.55. The van der Waals surface area contributed by atoms with Crippen molar-refractivity contribution in [2.75, 3.05) is 42.1 Å². The van der Waals surface area contributed by atoms with Crippen LogP contribution >= 0.6 is 0 Å². The van der Waals surface area contributed by atoms with Crippen LogP contribution in [-0.2, 0) is 10.0 Å². The molecular weight excluding hydrogens is 409 g/mol. The largest absolute Gasteiger partial charge is 0.390 e. The number of anilines is 3. The van der Waals surface area contributed by atoms with Gasteiger partial charge in [0, 0.05) is 32.4 Å². The van der Waals surface area contributed by atoms with Crippen molar-refractivity contribution in [2.24, 2.45) is 0 Å². The van der Waals surface area contributed by atoms with E-state index in [2.05, 4.69) is 20.5 Å². The smallest absolute Gasteiger partial charge is 0.352 e. The summed E-state index contributed by atoms with van der Waals surface area (Å²) in [6.45, 7) is 2.81. The van der Waals surface area contributed by atoms with Crippen LogP contribution in [0, 0.1) is 6.92 Å². The summed E-state index contributed by atoms with van der Waals surface area (Å²) in [6.07, 6.45) is -4.15. The van der Waals surface area contributed by atoms with Gasteiger partial charge in [0.25, 0.3) is 0 Å². The molecule has 29 heavy (non-hydrogen) atoms. The zero-order valence-electron chi connectivity index (χ0n) is 15.7. The van der Waals surface area contributed by atoms with Gasteiger partial charge in [-0.25, -0.2) is 13.4 Å². The molecule has 12 heteroatoms. The zero-order valence-corrected chi connectivity index (χ0v) is 16.5. The first kappa shape index (κ1) is 21.2. The summed E-state index contributed by atoms with van der Waals surface area (Å²) < 4.78 is 62.2. The maximum absolute atomic E-state index is 12.3. The molecule has 1 fully saturated rings. The van der Waals surface area contributed by atoms with Gasteiger partial charge in [0.1, 0.15) is 5.82 Å². The number of hydrogen-bond acceptors (Lipinski definition) is 7. The van der Waals surface area contributed by atoms with Gasteiger partial charge >= 0.3 is 6.18 Å². The van der Waals surface area contributed by atoms with E-state index in [1.165, 1.54) is 0 Å². The molecule has 1 N–H and O–H groups in total. The van der Waals surface area contributed by atoms with Crippen molar-refractivity contribution in [3.63, 3.8) is 0 Å². The normalized spacial score (nSPS) is 16.1. The van der Waals surface area contributed by atoms with Crippen LogP contribution < -0.4 is 10.2 Å². The number of pyridine rings is 1. The van der Waals surface area contributed by atoms with Crippen molar-refractivity contribution < 1.29 is 21.6 Å². The van der Waals surface area contributed by atoms with E-state index in [1.807, 2.05) is 24.0 Å². The molecule has 0 radical (unpaired) electrons. The third-order valence-electron chi connectivity index (χ3n) is 4.42. The Hall–Kier alpha value is -2.47. The fraction of sp³-hybridized carbons (Fsp3) is 0.471. The number of rotatable bonds is 6. The van der Waals surface area contributed by atoms with Crippen LogP contribution in [0.15, 0.2) is 30.5 Å². The molecule has 0 aromatic carbocycles. The molecule has 8 nitrogen and oxygen atoms in total. The second-order valence-electron chi connectivity index (χ2n) is 6.69. The Bertz CT molecular complexity index is 929. The average Bonchev–Trinajstić information content (AvgIpc) is 2.67. The highest BCUT2D eigenvalue weighted by Gasteiger charge is 2.33. The average molecular weight is 430 g/mol. The number of sulfonamides is 1. The van der Waals surface area contributed by atoms with Crippen molar-refractivity contribution in [3.05, 3.63) is 36.0 Å². The number of nitrogens with one attached hydrogen (secondary N) is 1. The van der Waals surface area contributed by atoms with Crippen LogP contribution in [-0.4, -0.2) is 66.0 Å². The summed E-state index contributed by atoms with van der Waals surface area (Å²) in [5.41, 5.74) is 1.05. The lowest BCUT2D eigenvalue weighted by molar-refractivity contribution is -0.130. The predicted octanol–water partition coefficient (Wildman–Crippen LogP) is 2.33. The topological polar surface area (TPSA) is 91.3 Å². The lowest BCUT2D eigenvalue weighted by atomic mass is 10.3. The Labute approximate surface area is 166 Å². The third-order valence-corrected chi connectivity index (χ3v) is 6.29. The zero-order chi connectivity index (χ0) is 21.1. The van der Waals surface area contributed by atoms with Crippen LogP contribution in [0.5, 0.6) is 0 Å². The molecule has 0 bridgehead atoms. The highest BCUT2D eigenvalue weighted by atomic mass is 32.2. The van der Waals surface area contributed by atoms with E-state index in [1.54, 1.807) is 18.3 Å². The fourth-order valence-corrected chi connectivity index (χ4v) is 4.33. The second kappa shape index (κ2) is 8.49. The molecule has 1 aliphatic heterocycles. The van der Waals surface area contributed by atoms with E-state index in [0.29, 0.717) is 30.5 Å². The molecule has 0 amide bonds. The van der Waals surface area contributed by atoms with Gasteiger partial charge in [0.2, 0.25) is 10.0 Å². The van der Waals surface area contributed by atoms with Gasteiger partial charge < -0.3 is 10.2 Å². The molecule has 1 aliphatic rings. The predicted molar refractivity (Wildman–Crippen MR) is 103 cm³/mol. The van der Waals surface area contributed by atoms with Crippen molar-refractivity contribution in [1.82, 2.24) is 19.5 Å². The Morgan fingerprint density at radius 2 is 1.79 bits per heavy atom. The first-order chi connectivity index (χ1) is 13.6. The monoisotopic (exact) mass is 430 g/mol. The van der Waals surface area contributed by atoms with Crippen molar-refractivity contribution in [3.8, 4) is 0 Å². The van der Waals surface area contributed by atoms with Gasteiger partial charge in [-0.1, -0.05) is 0 Å². The standard InChI is InChI=1S/C17H21F3N6O2S/c1-13-4-6-21-15(12-13)22-14-2-3-16(24-23-14)25-7-9-26(10-8-25)29(27,28)11-5-17(18,19)20/h2-4,6,12H,5,7-11H2,1H3,(H,21,22,23). The van der Waals surface area contributed by atoms with Gasteiger partial charge in [-0.15, -0.1) is 10.2 Å². The summed E-state index contributed by atoms with van der Waals surface area (Å²) in [5, 5.41) is 11.3. The maximum atomic E-state index is 12.3. The number of aromatic nitrogens is 3. The Kier molecular flexibility index (Phi) is 6.22. The van der Waals surface area contributed by atoms with Crippen LogP contribution in [0.1, 0.15) is 12.0 Å². The number of hydrogen-bond donors (Lipinski definition) is 1. The Morgan fingerprint density at radius 3 is 2.38 bits per heavy atom. The van der Waals surface area contributed by atoms with Crippen molar-refractivity contribution in [1.29, 1.82) is 0 Å². The van der Waals surface area contributed by atoms with E-state index in [4.69, 9.17) is 0 Å². The molecular formula is C17H21F3N6O2S. The number of aryl methyl sites for hydroxylation is 1. The van der Waals surface area contributed by atoms with E-state index in [0.717, 1.165) is 9.87 Å². The summed E-state index contributed by atoms with van der Waals surface area (Å²) in [4.78, 5) is 6.03. The molecule has 0 unspecified atom stereocenters. The van der Waals surface area contributed by atoms with Crippen LogP contribution in [0.2, 0.25) is 0 Å². The minimum absolute atomic E-state index is 0.106. The molecule has 0 atom stereocenters. The SMILES string of the molecule is Cc1ccnc(Nc2ccc(N3CCN(S(=O)(=O)CCC(F)(F)F)CC3)nn2)c1. The third kappa shape index (κ3) is 6.00. The molecule has 3 rings (SSSR count). The van der Waals surface area contributed by atoms with E-state index >= 15 is 0 Å².